The van der Waals surface area contributed by atoms with Gasteiger partial charge in [-0.2, -0.15) is 0 Å². The van der Waals surface area contributed by atoms with E-state index in [1.807, 2.05) is 43.3 Å². The van der Waals surface area contributed by atoms with E-state index < -0.39 is 0 Å². The van der Waals surface area contributed by atoms with Crippen LogP contribution in [-0.4, -0.2) is 57.3 Å². The Balaban J connectivity index is 1.52. The summed E-state index contributed by atoms with van der Waals surface area (Å²) < 4.78 is 5.26. The molecule has 7 heteroatoms. The molecule has 2 N–H and O–H groups in total. The fourth-order valence-corrected chi connectivity index (χ4v) is 3.85. The van der Waals surface area contributed by atoms with Crippen LogP contribution in [-0.2, 0) is 6.54 Å². The maximum absolute atomic E-state index is 12.3. The highest BCUT2D eigenvalue weighted by molar-refractivity contribution is 5.73. The average molecular weight is 398 g/mol. The number of ether oxygens (including phenoxy) is 1. The molecule has 2 aromatic rings. The molecule has 2 unspecified atom stereocenters. The summed E-state index contributed by atoms with van der Waals surface area (Å²) >= 11 is 0. The number of urea groups is 1. The van der Waals surface area contributed by atoms with Crippen molar-refractivity contribution in [2.75, 3.05) is 46.2 Å². The van der Waals surface area contributed by atoms with Crippen LogP contribution in [0.25, 0.3) is 0 Å². The van der Waals surface area contributed by atoms with E-state index in [0.717, 1.165) is 30.1 Å². The first-order valence-corrected chi connectivity index (χ1v) is 9.96. The molecule has 3 rings (SSSR count). The third-order valence-corrected chi connectivity index (χ3v) is 5.48. The van der Waals surface area contributed by atoms with Gasteiger partial charge in [0.2, 0.25) is 0 Å². The minimum absolute atomic E-state index is 0.142. The Morgan fingerprint density at radius 1 is 1.24 bits per heavy atom. The number of hydrogen-bond acceptors (Lipinski definition) is 5. The highest BCUT2D eigenvalue weighted by Gasteiger charge is 2.33. The van der Waals surface area contributed by atoms with Gasteiger partial charge in [-0.15, -0.1) is 0 Å². The molecular formula is C22H31N5O2. The van der Waals surface area contributed by atoms with Crippen molar-refractivity contribution in [3.05, 3.63) is 53.7 Å². The second-order valence-electron chi connectivity index (χ2n) is 7.73. The third kappa shape index (κ3) is 5.38. The van der Waals surface area contributed by atoms with Crippen molar-refractivity contribution in [1.82, 2.24) is 20.5 Å². The minimum atomic E-state index is -0.142. The number of pyridine rings is 1. The average Bonchev–Trinajstić information content (AvgIpc) is 3.11. The molecule has 0 radical (unpaired) electrons. The van der Waals surface area contributed by atoms with E-state index in [1.165, 1.54) is 5.56 Å². The van der Waals surface area contributed by atoms with Crippen LogP contribution in [0.15, 0.2) is 42.6 Å². The molecule has 7 nitrogen and oxygen atoms in total. The van der Waals surface area contributed by atoms with Gasteiger partial charge < -0.3 is 20.3 Å². The SMILES string of the molecule is COc1ccc(C2C(CNC(=O)NCc3ccnc(N(C)C)c3)CCN2C)cc1. The lowest BCUT2D eigenvalue weighted by Crippen LogP contribution is -2.39. The largest absolute Gasteiger partial charge is 0.497 e. The minimum Gasteiger partial charge on any atom is -0.497 e. The fraction of sp³-hybridized carbons (Fsp3) is 0.455. The van der Waals surface area contributed by atoms with Gasteiger partial charge in [0.25, 0.3) is 0 Å². The van der Waals surface area contributed by atoms with Gasteiger partial charge in [-0.3, -0.25) is 4.90 Å². The number of hydrogen-bond donors (Lipinski definition) is 2. The van der Waals surface area contributed by atoms with Gasteiger partial charge in [0.1, 0.15) is 11.6 Å². The Morgan fingerprint density at radius 3 is 2.69 bits per heavy atom. The number of amides is 2. The monoisotopic (exact) mass is 397 g/mol. The molecule has 2 heterocycles. The van der Waals surface area contributed by atoms with Crippen LogP contribution in [0.1, 0.15) is 23.6 Å². The van der Waals surface area contributed by atoms with Gasteiger partial charge in [0.15, 0.2) is 0 Å². The number of nitrogens with zero attached hydrogens (tertiary/aromatic N) is 3. The molecule has 1 aromatic heterocycles. The standard InChI is InChI=1S/C22H31N5O2/c1-26(2)20-13-16(9-11-23-20)14-24-22(28)25-15-18-10-12-27(3)21(18)17-5-7-19(29-4)8-6-17/h5-9,11,13,18,21H,10,12,14-15H2,1-4H3,(H2,24,25,28). The molecule has 0 saturated carbocycles. The Labute approximate surface area is 173 Å². The lowest BCUT2D eigenvalue weighted by molar-refractivity contribution is 0.233. The molecule has 29 heavy (non-hydrogen) atoms. The molecule has 1 aliphatic rings. The molecule has 1 saturated heterocycles. The molecule has 1 aliphatic heterocycles. The molecule has 2 amide bonds. The van der Waals surface area contributed by atoms with E-state index in [2.05, 4.69) is 39.7 Å². The molecule has 156 valence electrons. The van der Waals surface area contributed by atoms with Crippen LogP contribution >= 0.6 is 0 Å². The van der Waals surface area contributed by atoms with Crippen LogP contribution in [0, 0.1) is 5.92 Å². The van der Waals surface area contributed by atoms with Crippen LogP contribution in [0.3, 0.4) is 0 Å². The zero-order valence-electron chi connectivity index (χ0n) is 17.7. The van der Waals surface area contributed by atoms with Gasteiger partial charge in [0.05, 0.1) is 7.11 Å². The predicted molar refractivity (Wildman–Crippen MR) is 115 cm³/mol. The number of likely N-dealkylation sites (tertiary alicyclic amines) is 1. The lowest BCUT2D eigenvalue weighted by Gasteiger charge is -2.26. The fourth-order valence-electron chi connectivity index (χ4n) is 3.85. The summed E-state index contributed by atoms with van der Waals surface area (Å²) in [6, 6.07) is 12.3. The summed E-state index contributed by atoms with van der Waals surface area (Å²) in [4.78, 5) is 20.9. The van der Waals surface area contributed by atoms with E-state index in [-0.39, 0.29) is 6.03 Å². The first kappa shape index (κ1) is 20.9. The number of anilines is 1. The second-order valence-corrected chi connectivity index (χ2v) is 7.73. The molecule has 2 atom stereocenters. The van der Waals surface area contributed by atoms with E-state index in [1.54, 1.807) is 13.3 Å². The quantitative estimate of drug-likeness (QED) is 0.752. The number of aromatic nitrogens is 1. The van der Waals surface area contributed by atoms with Crippen molar-refractivity contribution >= 4 is 11.8 Å². The molecule has 0 bridgehead atoms. The maximum atomic E-state index is 12.3. The first-order valence-electron chi connectivity index (χ1n) is 9.96. The summed E-state index contributed by atoms with van der Waals surface area (Å²) in [5.74, 6) is 2.11. The summed E-state index contributed by atoms with van der Waals surface area (Å²) in [7, 11) is 7.71. The third-order valence-electron chi connectivity index (χ3n) is 5.48. The highest BCUT2D eigenvalue weighted by Crippen LogP contribution is 2.36. The predicted octanol–water partition coefficient (Wildman–Crippen LogP) is 2.65. The first-order chi connectivity index (χ1) is 14.0. The van der Waals surface area contributed by atoms with E-state index >= 15 is 0 Å². The number of methoxy groups -OCH3 is 1. The zero-order chi connectivity index (χ0) is 20.8. The van der Waals surface area contributed by atoms with Crippen LogP contribution < -0.4 is 20.3 Å². The zero-order valence-corrected chi connectivity index (χ0v) is 17.7. The normalized spacial score (nSPS) is 19.0. The van der Waals surface area contributed by atoms with E-state index in [4.69, 9.17) is 4.74 Å². The van der Waals surface area contributed by atoms with Gasteiger partial charge in [0, 0.05) is 39.4 Å². The number of benzene rings is 1. The molecule has 1 aromatic carbocycles. The number of carbonyl (C=O) groups excluding carboxylic acids is 1. The lowest BCUT2D eigenvalue weighted by atomic mass is 9.93. The van der Waals surface area contributed by atoms with Gasteiger partial charge in [-0.05, 0) is 61.3 Å². The van der Waals surface area contributed by atoms with Crippen molar-refractivity contribution in [3.8, 4) is 5.75 Å². The van der Waals surface area contributed by atoms with Crippen LogP contribution in [0.5, 0.6) is 5.75 Å². The summed E-state index contributed by atoms with van der Waals surface area (Å²) in [6.07, 6.45) is 2.82. The topological polar surface area (TPSA) is 69.7 Å². The second kappa shape index (κ2) is 9.60. The molecule has 1 fully saturated rings. The summed E-state index contributed by atoms with van der Waals surface area (Å²) in [5, 5.41) is 5.99. The number of carbonyl (C=O) groups is 1. The van der Waals surface area contributed by atoms with E-state index in [0.29, 0.717) is 25.0 Å². The number of rotatable bonds is 7. The van der Waals surface area contributed by atoms with Crippen molar-refractivity contribution in [2.24, 2.45) is 5.92 Å². The summed E-state index contributed by atoms with van der Waals surface area (Å²) in [5.41, 5.74) is 2.28. The maximum Gasteiger partial charge on any atom is 0.315 e. The molecule has 0 spiro atoms. The van der Waals surface area contributed by atoms with Crippen molar-refractivity contribution in [3.63, 3.8) is 0 Å². The van der Waals surface area contributed by atoms with Gasteiger partial charge >= 0.3 is 6.03 Å². The van der Waals surface area contributed by atoms with Crippen molar-refractivity contribution in [1.29, 1.82) is 0 Å². The van der Waals surface area contributed by atoms with Crippen molar-refractivity contribution < 1.29 is 9.53 Å². The summed E-state index contributed by atoms with van der Waals surface area (Å²) in [6.45, 7) is 2.14. The number of nitrogens with one attached hydrogen (secondary N) is 2. The van der Waals surface area contributed by atoms with E-state index in [9.17, 15) is 4.79 Å². The van der Waals surface area contributed by atoms with Crippen LogP contribution in [0.4, 0.5) is 10.6 Å². The van der Waals surface area contributed by atoms with Gasteiger partial charge in [-0.25, -0.2) is 9.78 Å². The molecule has 0 aliphatic carbocycles. The smallest absolute Gasteiger partial charge is 0.315 e. The Kier molecular flexibility index (Phi) is 6.93. The Morgan fingerprint density at radius 2 is 2.00 bits per heavy atom. The Bertz CT molecular complexity index is 809. The van der Waals surface area contributed by atoms with Crippen molar-refractivity contribution in [2.45, 2.75) is 19.0 Å². The highest BCUT2D eigenvalue weighted by atomic mass is 16.5. The Hall–Kier alpha value is -2.80. The van der Waals surface area contributed by atoms with Crippen LogP contribution in [0.2, 0.25) is 0 Å². The molecular weight excluding hydrogens is 366 g/mol. The van der Waals surface area contributed by atoms with Gasteiger partial charge in [-0.1, -0.05) is 12.1 Å².